The first-order chi connectivity index (χ1) is 5.33. The molecule has 3 fully saturated rings. The fourth-order valence-electron chi connectivity index (χ4n) is 2.18. The van der Waals surface area contributed by atoms with Crippen molar-refractivity contribution in [3.05, 3.63) is 0 Å². The highest BCUT2D eigenvalue weighted by atomic mass is 16.1. The number of carbonyl (C=O) groups excluding carboxylic acids is 1. The number of hydrogen-bond donors (Lipinski definition) is 1. The lowest BCUT2D eigenvalue weighted by Gasteiger charge is -2.32. The summed E-state index contributed by atoms with van der Waals surface area (Å²) >= 11 is 0. The molecule has 1 aliphatic carbocycles. The van der Waals surface area contributed by atoms with Crippen molar-refractivity contribution in [1.29, 1.82) is 0 Å². The van der Waals surface area contributed by atoms with Crippen LogP contribution in [0.25, 0.3) is 0 Å². The minimum Gasteiger partial charge on any atom is -0.313 e. The molecule has 0 aromatic rings. The summed E-state index contributed by atoms with van der Waals surface area (Å²) in [5.74, 6) is 3.52. The molecule has 0 spiro atoms. The number of fused-ring (bicyclic) bond motifs is 1. The highest BCUT2D eigenvalue weighted by Crippen LogP contribution is 2.40. The number of carbonyl (C=O) groups is 1. The van der Waals surface area contributed by atoms with Crippen molar-refractivity contribution in [2.24, 2.45) is 11.8 Å². The van der Waals surface area contributed by atoms with Crippen LogP contribution in [0.3, 0.4) is 0 Å². The normalized spacial score (nSPS) is 39.4. The summed E-state index contributed by atoms with van der Waals surface area (Å²) in [4.78, 5) is 11.3. The van der Waals surface area contributed by atoms with Crippen LogP contribution in [0.15, 0.2) is 0 Å². The first-order valence-electron chi connectivity index (χ1n) is 4.02. The molecule has 58 valence electrons. The smallest absolute Gasteiger partial charge is 0.149 e. The molecular weight excluding hydrogens is 138 g/mol. The van der Waals surface area contributed by atoms with E-state index in [1.165, 1.54) is 6.42 Å². The van der Waals surface area contributed by atoms with Crippen LogP contribution in [0, 0.1) is 24.2 Å². The molecule has 2 aliphatic heterocycles. The average molecular weight is 149 g/mol. The van der Waals surface area contributed by atoms with Crippen molar-refractivity contribution < 1.29 is 4.79 Å². The second kappa shape index (κ2) is 2.35. The predicted molar refractivity (Wildman–Crippen MR) is 41.8 cm³/mol. The van der Waals surface area contributed by atoms with Gasteiger partial charge in [0.05, 0.1) is 6.42 Å². The molecule has 2 heteroatoms. The van der Waals surface area contributed by atoms with Gasteiger partial charge in [-0.1, -0.05) is 5.92 Å². The van der Waals surface area contributed by atoms with Crippen molar-refractivity contribution in [3.8, 4) is 12.3 Å². The van der Waals surface area contributed by atoms with Crippen LogP contribution in [0.1, 0.15) is 12.8 Å². The summed E-state index contributed by atoms with van der Waals surface area (Å²) in [6.45, 7) is 1.02. The lowest BCUT2D eigenvalue weighted by atomic mass is 9.71. The van der Waals surface area contributed by atoms with Crippen LogP contribution in [0.4, 0.5) is 0 Å². The zero-order valence-electron chi connectivity index (χ0n) is 6.34. The standard InChI is InChI=1S/C9H11NO/c1-2-3-8(11)9-6-4-7(9)10-5-6/h1,6-7,9-10H,3-5H2. The Morgan fingerprint density at radius 1 is 1.73 bits per heavy atom. The van der Waals surface area contributed by atoms with Crippen molar-refractivity contribution in [1.82, 2.24) is 5.32 Å². The molecule has 3 rings (SSSR count). The molecule has 0 radical (unpaired) electrons. The maximum atomic E-state index is 11.3. The predicted octanol–water partition coefficient (Wildman–Crippen LogP) is 0.187. The van der Waals surface area contributed by atoms with E-state index in [2.05, 4.69) is 11.2 Å². The Morgan fingerprint density at radius 2 is 2.55 bits per heavy atom. The van der Waals surface area contributed by atoms with Gasteiger partial charge in [0.25, 0.3) is 0 Å². The van der Waals surface area contributed by atoms with Crippen LogP contribution in [-0.2, 0) is 4.79 Å². The van der Waals surface area contributed by atoms with Gasteiger partial charge in [-0.3, -0.25) is 4.79 Å². The first kappa shape index (κ1) is 6.87. The minimum absolute atomic E-state index is 0.256. The van der Waals surface area contributed by atoms with Gasteiger partial charge in [-0.25, -0.2) is 0 Å². The number of terminal acetylenes is 1. The van der Waals surface area contributed by atoms with Crippen molar-refractivity contribution in [2.45, 2.75) is 18.9 Å². The molecule has 1 N–H and O–H groups in total. The van der Waals surface area contributed by atoms with Gasteiger partial charge in [0.1, 0.15) is 5.78 Å². The van der Waals surface area contributed by atoms with Crippen molar-refractivity contribution in [3.63, 3.8) is 0 Å². The van der Waals surface area contributed by atoms with E-state index >= 15 is 0 Å². The molecule has 2 bridgehead atoms. The maximum Gasteiger partial charge on any atom is 0.149 e. The summed E-state index contributed by atoms with van der Waals surface area (Å²) in [7, 11) is 0. The molecule has 2 saturated heterocycles. The van der Waals surface area contributed by atoms with E-state index in [0.717, 1.165) is 6.54 Å². The van der Waals surface area contributed by atoms with Gasteiger partial charge in [-0.2, -0.15) is 0 Å². The summed E-state index contributed by atoms with van der Waals surface area (Å²) in [6, 6.07) is 0.459. The molecule has 0 amide bonds. The van der Waals surface area contributed by atoms with Gasteiger partial charge in [0, 0.05) is 12.0 Å². The average Bonchev–Trinajstić information content (AvgIpc) is 2.44. The van der Waals surface area contributed by atoms with E-state index in [4.69, 9.17) is 6.42 Å². The van der Waals surface area contributed by atoms with Crippen molar-refractivity contribution >= 4 is 5.78 Å². The van der Waals surface area contributed by atoms with Gasteiger partial charge in [0.2, 0.25) is 0 Å². The van der Waals surface area contributed by atoms with Crippen LogP contribution >= 0.6 is 0 Å². The summed E-state index contributed by atoms with van der Waals surface area (Å²) in [6.07, 6.45) is 6.57. The highest BCUT2D eigenvalue weighted by Gasteiger charge is 2.49. The Morgan fingerprint density at radius 3 is 3.00 bits per heavy atom. The van der Waals surface area contributed by atoms with Crippen LogP contribution in [0.2, 0.25) is 0 Å². The third-order valence-electron chi connectivity index (χ3n) is 2.79. The maximum absolute atomic E-state index is 11.3. The summed E-state index contributed by atoms with van der Waals surface area (Å²) < 4.78 is 0. The zero-order valence-corrected chi connectivity index (χ0v) is 6.34. The van der Waals surface area contributed by atoms with E-state index in [1.807, 2.05) is 0 Å². The molecular formula is C9H11NO. The first-order valence-corrected chi connectivity index (χ1v) is 4.02. The Labute approximate surface area is 66.4 Å². The number of hydrogen-bond acceptors (Lipinski definition) is 2. The largest absolute Gasteiger partial charge is 0.313 e. The summed E-state index contributed by atoms with van der Waals surface area (Å²) in [5, 5.41) is 3.29. The molecule has 0 aromatic heterocycles. The van der Waals surface area contributed by atoms with E-state index in [9.17, 15) is 4.79 Å². The lowest BCUT2D eigenvalue weighted by molar-refractivity contribution is -0.126. The van der Waals surface area contributed by atoms with Crippen LogP contribution in [0.5, 0.6) is 0 Å². The van der Waals surface area contributed by atoms with Crippen molar-refractivity contribution in [2.75, 3.05) is 6.54 Å². The molecule has 2 nitrogen and oxygen atoms in total. The third-order valence-corrected chi connectivity index (χ3v) is 2.79. The number of rotatable bonds is 2. The minimum atomic E-state index is 0.256. The van der Waals surface area contributed by atoms with Gasteiger partial charge >= 0.3 is 0 Å². The summed E-state index contributed by atoms with van der Waals surface area (Å²) in [5.41, 5.74) is 0. The SMILES string of the molecule is C#CCC(=O)C1C2CNC1C2. The molecule has 1 saturated carbocycles. The monoisotopic (exact) mass is 149 g/mol. The molecule has 0 aromatic carbocycles. The highest BCUT2D eigenvalue weighted by molar-refractivity contribution is 5.85. The Kier molecular flexibility index (Phi) is 1.47. The fraction of sp³-hybridized carbons (Fsp3) is 0.667. The fourth-order valence-corrected chi connectivity index (χ4v) is 2.18. The Bertz CT molecular complexity index is 214. The molecule has 3 aliphatic rings. The number of nitrogens with one attached hydrogen (secondary N) is 1. The molecule has 3 unspecified atom stereocenters. The second-order valence-corrected chi connectivity index (χ2v) is 3.38. The van der Waals surface area contributed by atoms with Gasteiger partial charge < -0.3 is 5.32 Å². The lowest BCUT2D eigenvalue weighted by Crippen LogP contribution is -2.42. The van der Waals surface area contributed by atoms with E-state index < -0.39 is 0 Å². The Balaban J connectivity index is 1.98. The molecule has 3 atom stereocenters. The van der Waals surface area contributed by atoms with Crippen LogP contribution in [-0.4, -0.2) is 18.4 Å². The number of ketones is 1. The second-order valence-electron chi connectivity index (χ2n) is 3.38. The third kappa shape index (κ3) is 0.883. The van der Waals surface area contributed by atoms with Gasteiger partial charge in [-0.05, 0) is 18.9 Å². The number of Topliss-reactive ketones (excluding diaryl/α,β-unsaturated/α-hetero) is 1. The molecule has 2 heterocycles. The van der Waals surface area contributed by atoms with E-state index in [-0.39, 0.29) is 11.7 Å². The van der Waals surface area contributed by atoms with Gasteiger partial charge in [-0.15, -0.1) is 6.42 Å². The van der Waals surface area contributed by atoms with Gasteiger partial charge in [0.15, 0.2) is 0 Å². The van der Waals surface area contributed by atoms with E-state index in [1.54, 1.807) is 0 Å². The quantitative estimate of drug-likeness (QED) is 0.568. The topological polar surface area (TPSA) is 29.1 Å². The molecule has 11 heavy (non-hydrogen) atoms. The van der Waals surface area contributed by atoms with E-state index in [0.29, 0.717) is 18.4 Å². The zero-order chi connectivity index (χ0) is 7.84. The van der Waals surface area contributed by atoms with Crippen LogP contribution < -0.4 is 5.32 Å². The Hall–Kier alpha value is -0.810.